The number of carbonyl (C=O) groups excluding carboxylic acids is 1. The molecule has 0 fully saturated rings. The van der Waals surface area contributed by atoms with E-state index in [2.05, 4.69) is 4.98 Å². The van der Waals surface area contributed by atoms with Gasteiger partial charge in [-0.3, -0.25) is 9.78 Å². The molecule has 0 radical (unpaired) electrons. The fourth-order valence-corrected chi connectivity index (χ4v) is 2.10. The van der Waals surface area contributed by atoms with Crippen LogP contribution in [0.25, 0.3) is 0 Å². The number of amides is 1. The first-order valence-electron chi connectivity index (χ1n) is 6.68. The average Bonchev–Trinajstić information content (AvgIpc) is 2.54. The molecule has 21 heavy (non-hydrogen) atoms. The average molecular weight is 285 g/mol. The van der Waals surface area contributed by atoms with E-state index in [1.165, 1.54) is 0 Å². The van der Waals surface area contributed by atoms with Gasteiger partial charge in [-0.1, -0.05) is 18.2 Å². The van der Waals surface area contributed by atoms with E-state index in [-0.39, 0.29) is 5.91 Å². The van der Waals surface area contributed by atoms with Crippen LogP contribution in [0.2, 0.25) is 0 Å². The molecule has 1 amide bonds. The van der Waals surface area contributed by atoms with Crippen LogP contribution >= 0.6 is 0 Å². The summed E-state index contributed by atoms with van der Waals surface area (Å²) in [6, 6.07) is 11.1. The van der Waals surface area contributed by atoms with Gasteiger partial charge in [-0.15, -0.1) is 0 Å². The Bertz CT molecular complexity index is 628. The summed E-state index contributed by atoms with van der Waals surface area (Å²) in [5.74, 6) is 0.701. The number of benzene rings is 1. The molecule has 1 heterocycles. The Balaban J connectivity index is 2.15. The minimum atomic E-state index is -0.0713. The summed E-state index contributed by atoms with van der Waals surface area (Å²) in [6.45, 7) is 0.792. The number of aromatic nitrogens is 1. The van der Waals surface area contributed by atoms with Gasteiger partial charge in [0.2, 0.25) is 0 Å². The number of nitrogens with zero attached hydrogens (tertiary/aromatic N) is 2. The molecule has 0 aliphatic heterocycles. The molecule has 2 aromatic rings. The number of rotatable bonds is 5. The van der Waals surface area contributed by atoms with Crippen molar-refractivity contribution in [3.05, 3.63) is 59.4 Å². The summed E-state index contributed by atoms with van der Waals surface area (Å²) in [6.07, 6.45) is 1.60. The molecule has 0 bridgehead atoms. The molecule has 0 saturated heterocycles. The molecule has 0 aliphatic rings. The lowest BCUT2D eigenvalue weighted by Crippen LogP contribution is -2.26. The van der Waals surface area contributed by atoms with Crippen molar-refractivity contribution in [1.82, 2.24) is 9.88 Å². The van der Waals surface area contributed by atoms with Crippen LogP contribution in [0.5, 0.6) is 5.75 Å². The van der Waals surface area contributed by atoms with E-state index in [1.807, 2.05) is 24.3 Å². The Morgan fingerprint density at radius 1 is 1.33 bits per heavy atom. The summed E-state index contributed by atoms with van der Waals surface area (Å²) < 4.78 is 5.30. The number of carbonyl (C=O) groups is 1. The number of hydrogen-bond acceptors (Lipinski definition) is 4. The van der Waals surface area contributed by atoms with Crippen molar-refractivity contribution in [2.45, 2.75) is 13.1 Å². The van der Waals surface area contributed by atoms with Crippen LogP contribution in [0, 0.1) is 0 Å². The van der Waals surface area contributed by atoms with E-state index in [4.69, 9.17) is 10.5 Å². The molecule has 1 aromatic heterocycles. The van der Waals surface area contributed by atoms with Crippen LogP contribution < -0.4 is 10.5 Å². The summed E-state index contributed by atoms with van der Waals surface area (Å²) >= 11 is 0. The molecular weight excluding hydrogens is 266 g/mol. The summed E-state index contributed by atoms with van der Waals surface area (Å²) in [5.41, 5.74) is 7.80. The van der Waals surface area contributed by atoms with Crippen LogP contribution in [-0.2, 0) is 13.1 Å². The fraction of sp³-hybridized carbons (Fsp3) is 0.250. The molecule has 0 spiro atoms. The largest absolute Gasteiger partial charge is 0.496 e. The molecule has 1 aromatic carbocycles. The van der Waals surface area contributed by atoms with E-state index in [1.54, 1.807) is 37.4 Å². The minimum absolute atomic E-state index is 0.0713. The van der Waals surface area contributed by atoms with E-state index in [9.17, 15) is 4.79 Å². The molecule has 0 atom stereocenters. The normalized spacial score (nSPS) is 10.2. The predicted molar refractivity (Wildman–Crippen MR) is 80.9 cm³/mol. The molecule has 5 heteroatoms. The number of pyridine rings is 1. The first-order chi connectivity index (χ1) is 10.2. The van der Waals surface area contributed by atoms with E-state index >= 15 is 0 Å². The van der Waals surface area contributed by atoms with Crippen molar-refractivity contribution in [2.75, 3.05) is 14.2 Å². The highest BCUT2D eigenvalue weighted by atomic mass is 16.5. The third-order valence-corrected chi connectivity index (χ3v) is 3.22. The molecule has 0 saturated carbocycles. The Labute approximate surface area is 124 Å². The molecule has 0 aliphatic carbocycles. The van der Waals surface area contributed by atoms with Crippen molar-refractivity contribution < 1.29 is 9.53 Å². The second-order valence-corrected chi connectivity index (χ2v) is 4.71. The quantitative estimate of drug-likeness (QED) is 0.910. The smallest absolute Gasteiger partial charge is 0.254 e. The van der Waals surface area contributed by atoms with Crippen molar-refractivity contribution in [2.24, 2.45) is 5.73 Å². The van der Waals surface area contributed by atoms with Crippen molar-refractivity contribution in [3.8, 4) is 5.75 Å². The number of para-hydroxylation sites is 1. The maximum atomic E-state index is 12.4. The van der Waals surface area contributed by atoms with Gasteiger partial charge in [-0.05, 0) is 18.2 Å². The molecular formula is C16H19N3O2. The van der Waals surface area contributed by atoms with Gasteiger partial charge >= 0.3 is 0 Å². The lowest BCUT2D eigenvalue weighted by atomic mass is 10.1. The van der Waals surface area contributed by atoms with Gasteiger partial charge in [0.15, 0.2) is 0 Å². The Kier molecular flexibility index (Phi) is 4.90. The van der Waals surface area contributed by atoms with E-state index in [0.717, 1.165) is 11.3 Å². The van der Waals surface area contributed by atoms with Crippen LogP contribution in [-0.4, -0.2) is 29.9 Å². The van der Waals surface area contributed by atoms with Gasteiger partial charge < -0.3 is 15.4 Å². The Morgan fingerprint density at radius 3 is 2.81 bits per heavy atom. The molecule has 2 rings (SSSR count). The molecule has 5 nitrogen and oxygen atoms in total. The Hall–Kier alpha value is -2.40. The van der Waals surface area contributed by atoms with Crippen LogP contribution in [0.4, 0.5) is 0 Å². The fourth-order valence-electron chi connectivity index (χ4n) is 2.10. The first kappa shape index (κ1) is 15.0. The summed E-state index contributed by atoms with van der Waals surface area (Å²) in [7, 11) is 3.38. The second kappa shape index (κ2) is 6.85. The van der Waals surface area contributed by atoms with E-state index < -0.39 is 0 Å². The maximum absolute atomic E-state index is 12.4. The summed E-state index contributed by atoms with van der Waals surface area (Å²) in [5, 5.41) is 0. The lowest BCUT2D eigenvalue weighted by molar-refractivity contribution is 0.0784. The van der Waals surface area contributed by atoms with Crippen LogP contribution in [0.1, 0.15) is 21.6 Å². The Morgan fingerprint density at radius 2 is 2.10 bits per heavy atom. The number of methoxy groups -OCH3 is 1. The topological polar surface area (TPSA) is 68.5 Å². The highest BCUT2D eigenvalue weighted by Gasteiger charge is 2.14. The van der Waals surface area contributed by atoms with Gasteiger partial charge in [-0.2, -0.15) is 0 Å². The monoisotopic (exact) mass is 285 g/mol. The zero-order valence-electron chi connectivity index (χ0n) is 12.2. The zero-order chi connectivity index (χ0) is 15.2. The van der Waals surface area contributed by atoms with Gasteiger partial charge in [0.05, 0.1) is 12.8 Å². The van der Waals surface area contributed by atoms with Crippen molar-refractivity contribution in [3.63, 3.8) is 0 Å². The van der Waals surface area contributed by atoms with Gasteiger partial charge in [-0.25, -0.2) is 0 Å². The van der Waals surface area contributed by atoms with Gasteiger partial charge in [0, 0.05) is 37.5 Å². The third kappa shape index (κ3) is 3.58. The first-order valence-corrected chi connectivity index (χ1v) is 6.68. The van der Waals surface area contributed by atoms with Crippen LogP contribution in [0.3, 0.4) is 0 Å². The zero-order valence-corrected chi connectivity index (χ0v) is 12.2. The van der Waals surface area contributed by atoms with Crippen LogP contribution in [0.15, 0.2) is 42.6 Å². The molecule has 0 unspecified atom stereocenters. The van der Waals surface area contributed by atoms with E-state index in [0.29, 0.717) is 24.3 Å². The molecule has 2 N–H and O–H groups in total. The lowest BCUT2D eigenvalue weighted by Gasteiger charge is -2.19. The minimum Gasteiger partial charge on any atom is -0.496 e. The number of hydrogen-bond donors (Lipinski definition) is 1. The summed E-state index contributed by atoms with van der Waals surface area (Å²) in [4.78, 5) is 18.2. The molecule has 110 valence electrons. The number of nitrogens with two attached hydrogens (primary N) is 1. The second-order valence-electron chi connectivity index (χ2n) is 4.71. The SMILES string of the molecule is COc1ccccc1CN(C)C(=O)c1ccnc(CN)c1. The predicted octanol–water partition coefficient (Wildman–Crippen LogP) is 1.82. The van der Waals surface area contributed by atoms with Crippen molar-refractivity contribution in [1.29, 1.82) is 0 Å². The number of ether oxygens (including phenoxy) is 1. The standard InChI is InChI=1S/C16H19N3O2/c1-19(11-13-5-3-4-6-15(13)21-2)16(20)12-7-8-18-14(9-12)10-17/h3-9H,10-11,17H2,1-2H3. The van der Waals surface area contributed by atoms with Gasteiger partial charge in [0.25, 0.3) is 5.91 Å². The maximum Gasteiger partial charge on any atom is 0.254 e. The highest BCUT2D eigenvalue weighted by molar-refractivity contribution is 5.94. The van der Waals surface area contributed by atoms with Gasteiger partial charge in [0.1, 0.15) is 5.75 Å². The highest BCUT2D eigenvalue weighted by Crippen LogP contribution is 2.19. The third-order valence-electron chi connectivity index (χ3n) is 3.22. The van der Waals surface area contributed by atoms with Crippen molar-refractivity contribution >= 4 is 5.91 Å².